The summed E-state index contributed by atoms with van der Waals surface area (Å²) < 4.78 is 10.9. The summed E-state index contributed by atoms with van der Waals surface area (Å²) in [6.45, 7) is 1.42. The number of ether oxygens (including phenoxy) is 2. The van der Waals surface area contributed by atoms with Crippen LogP contribution in [0, 0.1) is 0 Å². The van der Waals surface area contributed by atoms with Crippen LogP contribution < -0.4 is 9.47 Å². The number of hydrogen-bond acceptors (Lipinski definition) is 4. The minimum absolute atomic E-state index is 0.177. The van der Waals surface area contributed by atoms with Gasteiger partial charge in [0.15, 0.2) is 11.9 Å². The van der Waals surface area contributed by atoms with E-state index in [0.717, 1.165) is 5.56 Å². The van der Waals surface area contributed by atoms with Crippen LogP contribution in [-0.4, -0.2) is 23.0 Å². The Balaban J connectivity index is 1.86. The normalized spacial score (nSPS) is 15.8. The monoisotopic (exact) mass is 344 g/mol. The van der Waals surface area contributed by atoms with Gasteiger partial charge in [-0.2, -0.15) is 0 Å². The highest BCUT2D eigenvalue weighted by atomic mass is 35.5. The van der Waals surface area contributed by atoms with Gasteiger partial charge in [0.25, 0.3) is 0 Å². The average Bonchev–Trinajstić information content (AvgIpc) is 2.83. The number of Topliss-reactive ketones (excluding diaryl/α,β-unsaturated/α-hetero) is 1. The van der Waals surface area contributed by atoms with Gasteiger partial charge in [-0.25, -0.2) is 4.79 Å². The second-order valence-electron chi connectivity index (χ2n) is 5.25. The number of carboxylic acid groups (broad SMARTS) is 1. The summed E-state index contributed by atoms with van der Waals surface area (Å²) in [5.41, 5.74) is 1.15. The number of carbonyl (C=O) groups is 2. The first-order chi connectivity index (χ1) is 11.4. The van der Waals surface area contributed by atoms with E-state index >= 15 is 0 Å². The van der Waals surface area contributed by atoms with E-state index in [2.05, 4.69) is 0 Å². The largest absolute Gasteiger partial charge is 0.479 e. The molecule has 3 rings (SSSR count). The molecule has 0 aliphatic carbocycles. The quantitative estimate of drug-likeness (QED) is 0.854. The first-order valence-electron chi connectivity index (χ1n) is 7.17. The number of benzene rings is 2. The minimum atomic E-state index is -1.07. The summed E-state index contributed by atoms with van der Waals surface area (Å²) in [6.07, 6.45) is 0.607. The number of ketones is 1. The smallest absolute Gasteiger partial charge is 0.344 e. The van der Waals surface area contributed by atoms with Crippen LogP contribution in [0.5, 0.6) is 11.5 Å². The number of aliphatic carboxylic acids is 1. The number of rotatable bonds is 4. The predicted octanol–water partition coefficient (Wildman–Crippen LogP) is 3.81. The topological polar surface area (TPSA) is 72.8 Å². The molecule has 24 heavy (non-hydrogen) atoms. The van der Waals surface area contributed by atoms with Crippen LogP contribution >= 0.6 is 11.6 Å². The standard InChI is InChI=1S/C18H13ClO5/c1-10(18(21)22)23-13-5-6-14-15(9-13)24-16(17(14)20)8-11-3-2-4-12(19)7-11/h2-10H,1H3,(H,21,22)/b16-8-. The highest BCUT2D eigenvalue weighted by Crippen LogP contribution is 2.35. The Morgan fingerprint density at radius 1 is 1.29 bits per heavy atom. The Labute approximate surface area is 143 Å². The maximum absolute atomic E-state index is 12.4. The number of allylic oxidation sites excluding steroid dienone is 1. The van der Waals surface area contributed by atoms with E-state index in [0.29, 0.717) is 22.1 Å². The van der Waals surface area contributed by atoms with E-state index in [1.165, 1.54) is 13.0 Å². The maximum atomic E-state index is 12.4. The van der Waals surface area contributed by atoms with Crippen molar-refractivity contribution in [3.8, 4) is 11.5 Å². The zero-order valence-electron chi connectivity index (χ0n) is 12.7. The lowest BCUT2D eigenvalue weighted by Crippen LogP contribution is -2.22. The summed E-state index contributed by atoms with van der Waals surface area (Å²) >= 11 is 5.93. The Kier molecular flexibility index (Phi) is 4.27. The third-order valence-corrected chi connectivity index (χ3v) is 3.68. The summed E-state index contributed by atoms with van der Waals surface area (Å²) in [5.74, 6) is -0.489. The van der Waals surface area contributed by atoms with E-state index in [1.54, 1.807) is 36.4 Å². The van der Waals surface area contributed by atoms with Crippen LogP contribution in [0.1, 0.15) is 22.8 Å². The molecule has 5 nitrogen and oxygen atoms in total. The van der Waals surface area contributed by atoms with Gasteiger partial charge >= 0.3 is 5.97 Å². The molecule has 0 fully saturated rings. The third-order valence-electron chi connectivity index (χ3n) is 3.45. The first-order valence-corrected chi connectivity index (χ1v) is 7.55. The molecule has 0 saturated carbocycles. The van der Waals surface area contributed by atoms with Crippen LogP contribution in [0.2, 0.25) is 5.02 Å². The molecular weight excluding hydrogens is 332 g/mol. The predicted molar refractivity (Wildman–Crippen MR) is 88.6 cm³/mol. The second kappa shape index (κ2) is 6.37. The van der Waals surface area contributed by atoms with Crippen molar-refractivity contribution in [2.24, 2.45) is 0 Å². The molecule has 1 atom stereocenters. The highest BCUT2D eigenvalue weighted by Gasteiger charge is 2.28. The molecule has 1 heterocycles. The van der Waals surface area contributed by atoms with Crippen molar-refractivity contribution in [3.63, 3.8) is 0 Å². The fraction of sp³-hybridized carbons (Fsp3) is 0.111. The zero-order valence-corrected chi connectivity index (χ0v) is 13.4. The van der Waals surface area contributed by atoms with Crippen molar-refractivity contribution in [2.45, 2.75) is 13.0 Å². The number of carbonyl (C=O) groups excluding carboxylic acids is 1. The summed E-state index contributed by atoms with van der Waals surface area (Å²) in [4.78, 5) is 23.2. The number of halogens is 1. The Morgan fingerprint density at radius 3 is 2.79 bits per heavy atom. The number of carboxylic acids is 1. The number of hydrogen-bond donors (Lipinski definition) is 1. The van der Waals surface area contributed by atoms with Crippen molar-refractivity contribution >= 4 is 29.4 Å². The zero-order chi connectivity index (χ0) is 17.3. The minimum Gasteiger partial charge on any atom is -0.479 e. The molecule has 2 aromatic carbocycles. The van der Waals surface area contributed by atoms with Crippen LogP contribution in [0.25, 0.3) is 6.08 Å². The second-order valence-corrected chi connectivity index (χ2v) is 5.69. The molecular formula is C18H13ClO5. The molecule has 1 aliphatic rings. The van der Waals surface area contributed by atoms with Gasteiger partial charge in [0.05, 0.1) is 5.56 Å². The lowest BCUT2D eigenvalue weighted by Gasteiger charge is -2.10. The van der Waals surface area contributed by atoms with Gasteiger partial charge in [-0.05, 0) is 42.8 Å². The molecule has 1 unspecified atom stereocenters. The molecule has 2 aromatic rings. The lowest BCUT2D eigenvalue weighted by atomic mass is 10.1. The molecule has 0 spiro atoms. The van der Waals surface area contributed by atoms with Gasteiger partial charge < -0.3 is 14.6 Å². The third kappa shape index (κ3) is 3.26. The van der Waals surface area contributed by atoms with Gasteiger partial charge in [-0.3, -0.25) is 4.79 Å². The molecule has 0 aromatic heterocycles. The molecule has 0 bridgehead atoms. The molecule has 1 N–H and O–H groups in total. The molecule has 1 aliphatic heterocycles. The van der Waals surface area contributed by atoms with Crippen LogP contribution in [0.3, 0.4) is 0 Å². The average molecular weight is 345 g/mol. The van der Waals surface area contributed by atoms with E-state index in [-0.39, 0.29) is 11.5 Å². The van der Waals surface area contributed by atoms with Gasteiger partial charge in [0, 0.05) is 11.1 Å². The van der Waals surface area contributed by atoms with E-state index in [1.807, 2.05) is 6.07 Å². The van der Waals surface area contributed by atoms with Gasteiger partial charge in [0.2, 0.25) is 5.78 Å². The summed E-state index contributed by atoms with van der Waals surface area (Å²) in [6, 6.07) is 11.6. The number of fused-ring (bicyclic) bond motifs is 1. The highest BCUT2D eigenvalue weighted by molar-refractivity contribution is 6.30. The van der Waals surface area contributed by atoms with Gasteiger partial charge in [0.1, 0.15) is 11.5 Å². The van der Waals surface area contributed by atoms with Gasteiger partial charge in [-0.1, -0.05) is 23.7 Å². The Hall–Kier alpha value is -2.79. The van der Waals surface area contributed by atoms with E-state index in [4.69, 9.17) is 26.2 Å². The fourth-order valence-corrected chi connectivity index (χ4v) is 2.44. The van der Waals surface area contributed by atoms with E-state index in [9.17, 15) is 9.59 Å². The molecule has 6 heteroatoms. The van der Waals surface area contributed by atoms with Crippen LogP contribution in [0.4, 0.5) is 0 Å². The lowest BCUT2D eigenvalue weighted by molar-refractivity contribution is -0.144. The van der Waals surface area contributed by atoms with Crippen LogP contribution in [-0.2, 0) is 4.79 Å². The van der Waals surface area contributed by atoms with Gasteiger partial charge in [-0.15, -0.1) is 0 Å². The fourth-order valence-electron chi connectivity index (χ4n) is 2.24. The maximum Gasteiger partial charge on any atom is 0.344 e. The van der Waals surface area contributed by atoms with Crippen molar-refractivity contribution in [1.29, 1.82) is 0 Å². The van der Waals surface area contributed by atoms with Crippen molar-refractivity contribution < 1.29 is 24.2 Å². The summed E-state index contributed by atoms with van der Waals surface area (Å²) in [7, 11) is 0. The Bertz CT molecular complexity index is 856. The molecule has 0 amide bonds. The van der Waals surface area contributed by atoms with Crippen LogP contribution in [0.15, 0.2) is 48.2 Å². The van der Waals surface area contributed by atoms with Crippen molar-refractivity contribution in [1.82, 2.24) is 0 Å². The Morgan fingerprint density at radius 2 is 2.08 bits per heavy atom. The van der Waals surface area contributed by atoms with Crippen molar-refractivity contribution in [3.05, 3.63) is 64.4 Å². The molecule has 0 saturated heterocycles. The SMILES string of the molecule is CC(Oc1ccc2c(c1)O/C(=C\c1cccc(Cl)c1)C2=O)C(=O)O. The first kappa shape index (κ1) is 16.1. The van der Waals surface area contributed by atoms with Crippen molar-refractivity contribution in [2.75, 3.05) is 0 Å². The summed E-state index contributed by atoms with van der Waals surface area (Å²) in [5, 5.41) is 9.44. The molecule has 0 radical (unpaired) electrons. The molecule has 122 valence electrons. The van der Waals surface area contributed by atoms with E-state index < -0.39 is 12.1 Å².